The van der Waals surface area contributed by atoms with E-state index in [2.05, 4.69) is 45.2 Å². The van der Waals surface area contributed by atoms with E-state index in [1.165, 1.54) is 68.6 Å². The Kier molecular flexibility index (Phi) is 27.8. The number of piperidine rings is 3. The summed E-state index contributed by atoms with van der Waals surface area (Å²) in [5.74, 6) is -0.479. The van der Waals surface area contributed by atoms with Gasteiger partial charge in [-0.3, -0.25) is 4.79 Å². The number of aromatic hydroxyl groups is 1. The number of pyridine rings is 4. The molecular formula is C88H85F12N19O7. The van der Waals surface area contributed by atoms with E-state index in [0.717, 1.165) is 88.4 Å². The minimum Gasteiger partial charge on any atom is -0.507 e. The maximum absolute atomic E-state index is 14.0. The van der Waals surface area contributed by atoms with Crippen molar-refractivity contribution >= 4 is 56.1 Å². The number of likely N-dealkylation sites (tertiary alicyclic amines) is 2. The number of carbonyl (C=O) groups is 2. The van der Waals surface area contributed by atoms with Crippen molar-refractivity contribution in [2.75, 3.05) is 59.1 Å². The summed E-state index contributed by atoms with van der Waals surface area (Å²) in [5, 5.41) is 50.1. The van der Waals surface area contributed by atoms with E-state index >= 15 is 0 Å². The van der Waals surface area contributed by atoms with Gasteiger partial charge in [-0.25, -0.2) is 44.7 Å². The van der Waals surface area contributed by atoms with Gasteiger partial charge in [-0.15, -0.1) is 0 Å². The number of phenols is 1. The number of benzene rings is 4. The van der Waals surface area contributed by atoms with E-state index in [4.69, 9.17) is 24.2 Å². The summed E-state index contributed by atoms with van der Waals surface area (Å²) in [6, 6.07) is 28.8. The maximum atomic E-state index is 14.0. The Hall–Kier alpha value is -13.6. The Morgan fingerprint density at radius 2 is 0.698 bits per heavy atom. The number of hydrogen-bond acceptors (Lipinski definition) is 20. The molecule has 126 heavy (non-hydrogen) atoms. The van der Waals surface area contributed by atoms with Gasteiger partial charge in [0.05, 0.1) is 112 Å². The first-order valence-corrected chi connectivity index (χ1v) is 40.0. The summed E-state index contributed by atoms with van der Waals surface area (Å²) < 4.78 is 192. The molecule has 8 aromatic heterocycles. The van der Waals surface area contributed by atoms with Crippen molar-refractivity contribution in [2.24, 2.45) is 45.9 Å². The number of aryl methyl sites for hydroxylation is 4. The number of rotatable bonds is 16. The lowest BCUT2D eigenvalue weighted by atomic mass is 9.94. The number of imidazole rings is 4. The number of fused-ring (bicyclic) bond motifs is 4. The number of hydrogen-bond donors (Lipinski definition) is 2. The highest BCUT2D eigenvalue weighted by Gasteiger charge is 2.40. The van der Waals surface area contributed by atoms with Crippen molar-refractivity contribution in [1.29, 1.82) is 21.0 Å². The lowest BCUT2D eigenvalue weighted by Crippen LogP contribution is -2.41. The Bertz CT molecular complexity index is 6180. The molecule has 38 heteroatoms. The zero-order valence-electron chi connectivity index (χ0n) is 69.5. The second kappa shape index (κ2) is 38.2. The normalized spacial score (nSPS) is 14.4. The van der Waals surface area contributed by atoms with Crippen LogP contribution in [0.15, 0.2) is 122 Å². The van der Waals surface area contributed by atoms with Gasteiger partial charge in [-0.1, -0.05) is 0 Å². The van der Waals surface area contributed by atoms with Gasteiger partial charge in [0, 0.05) is 83.5 Å². The molecule has 0 unspecified atom stereocenters. The molecule has 0 bridgehead atoms. The second-order valence-corrected chi connectivity index (χ2v) is 31.6. The fourth-order valence-electron chi connectivity index (χ4n) is 14.9. The molecule has 3 saturated heterocycles. The van der Waals surface area contributed by atoms with Crippen LogP contribution in [-0.2, 0) is 62.4 Å². The Balaban J connectivity index is 0.000000155. The van der Waals surface area contributed by atoms with Gasteiger partial charge in [-0.05, 0) is 206 Å². The molecule has 26 nitrogen and oxygen atoms in total. The predicted molar refractivity (Wildman–Crippen MR) is 438 cm³/mol. The molecular weight excluding hydrogens is 1660 g/mol. The SMILES string of the molecule is CC(=O)N1CCC(CCOc2ccc(-c3cc4c(ncn4C)c(C#N)n3)cc2C(F)(F)F)CC1.Cn1cnc2c(C#N)nc(-c3ccc(O)c(C(F)(F)F)c3)cc21.Cn1cnc2c(C#N)nc(-c3ccc(OCCC4CCN(C(=O)OC(C)(C)C)CC4)c(C(F)(F)F)c3)cc21.Cn1cnc2c(C#N)nc(-c3ccc(OCCC4CCNCC4)c(C(F)(F)F)c3)cc21. The molecule has 0 atom stereocenters. The topological polar surface area (TPSA) is 328 Å². The molecule has 3 aliphatic rings. The molecule has 3 aliphatic heterocycles. The van der Waals surface area contributed by atoms with Crippen LogP contribution in [0.25, 0.3) is 89.2 Å². The molecule has 0 radical (unpaired) electrons. The third kappa shape index (κ3) is 21.9. The van der Waals surface area contributed by atoms with Crippen LogP contribution in [0.1, 0.15) is 131 Å². The van der Waals surface area contributed by atoms with Gasteiger partial charge >= 0.3 is 30.8 Å². The van der Waals surface area contributed by atoms with E-state index < -0.39 is 58.3 Å². The summed E-state index contributed by atoms with van der Waals surface area (Å²) in [5.41, 5.74) is 1.68. The molecule has 11 heterocycles. The maximum Gasteiger partial charge on any atom is 0.419 e. The average Bonchev–Trinajstić information content (AvgIpc) is 1.56. The molecule has 2 amide bonds. The third-order valence-corrected chi connectivity index (χ3v) is 21.7. The van der Waals surface area contributed by atoms with Crippen molar-refractivity contribution in [3.05, 3.63) is 167 Å². The number of aromatic nitrogens is 12. The summed E-state index contributed by atoms with van der Waals surface area (Å²) in [6.45, 7) is 11.8. The van der Waals surface area contributed by atoms with Crippen LogP contribution >= 0.6 is 0 Å². The van der Waals surface area contributed by atoms with Crippen molar-refractivity contribution in [2.45, 2.75) is 116 Å². The molecule has 658 valence electrons. The van der Waals surface area contributed by atoms with Crippen molar-refractivity contribution in [3.8, 4) is 92.3 Å². The summed E-state index contributed by atoms with van der Waals surface area (Å²) in [6.07, 6.45) is -5.73. The van der Waals surface area contributed by atoms with Crippen LogP contribution in [0.4, 0.5) is 57.5 Å². The van der Waals surface area contributed by atoms with E-state index in [0.29, 0.717) is 95.0 Å². The number of ether oxygens (including phenoxy) is 4. The quantitative estimate of drug-likeness (QED) is 0.0849. The fraction of sp³-hybridized carbons (Fsp3) is 0.386. The van der Waals surface area contributed by atoms with Crippen molar-refractivity contribution < 1.29 is 86.3 Å². The molecule has 0 spiro atoms. The van der Waals surface area contributed by atoms with Crippen LogP contribution in [-0.4, -0.2) is 150 Å². The number of phenolic OH excluding ortho intramolecular Hbond substituents is 1. The molecule has 3 fully saturated rings. The van der Waals surface area contributed by atoms with E-state index in [9.17, 15) is 83.2 Å². The van der Waals surface area contributed by atoms with Gasteiger partial charge in [0.2, 0.25) is 5.91 Å². The van der Waals surface area contributed by atoms with Crippen LogP contribution in [0.5, 0.6) is 23.0 Å². The first-order valence-electron chi connectivity index (χ1n) is 40.0. The van der Waals surface area contributed by atoms with Crippen LogP contribution in [0.3, 0.4) is 0 Å². The number of nitriles is 4. The van der Waals surface area contributed by atoms with Crippen molar-refractivity contribution in [1.82, 2.24) is 73.3 Å². The lowest BCUT2D eigenvalue weighted by Gasteiger charge is -2.33. The van der Waals surface area contributed by atoms with Crippen LogP contribution in [0.2, 0.25) is 0 Å². The number of nitrogens with zero attached hydrogens (tertiary/aromatic N) is 18. The van der Waals surface area contributed by atoms with Gasteiger partial charge in [-0.2, -0.15) is 73.7 Å². The standard InChI is InChI=1S/C27H30F3N5O3.C24H24F3N5O2.C22H22F3N5O.C15H9F3N4O/c1-26(2,3)38-25(36)35-10-7-17(8-11-35)9-12-37-23-6-5-18(13-19(23)27(28,29)30)20-14-22-24(21(15-31)33-20)32-16-34(22)4;1-15(33)32-8-5-16(6-9-32)7-10-34-22-4-3-17(11-18(22)24(25,26)27)19-12-21-23(20(13-28)30-19)29-14-31(21)2;1-30-13-28-21-18(12-26)29-17(11-19(21)30)15-2-3-20(16(10-15)22(23,24)25)31-9-6-14-4-7-27-8-5-14;1-22-7-20-14-11(6-19)21-10(5-12(14)22)8-2-3-13(23)9(4-8)15(16,17)18/h5-6,13-14,16-17H,7-12H2,1-4H3;3-4,11-12,14,16H,5-10H2,1-2H3;2-3,10-11,13-14,27H,4-9H2,1H3;2-5,7,23H,1H3. The largest absolute Gasteiger partial charge is 0.507 e. The summed E-state index contributed by atoms with van der Waals surface area (Å²) >= 11 is 0. The Labute approximate surface area is 714 Å². The molecule has 12 aromatic rings. The van der Waals surface area contributed by atoms with Gasteiger partial charge in [0.1, 0.15) is 74.9 Å². The highest BCUT2D eigenvalue weighted by atomic mass is 19.4. The van der Waals surface area contributed by atoms with Gasteiger partial charge in [0.15, 0.2) is 22.8 Å². The van der Waals surface area contributed by atoms with Crippen molar-refractivity contribution in [3.63, 3.8) is 0 Å². The van der Waals surface area contributed by atoms with Gasteiger partial charge < -0.3 is 57.4 Å². The van der Waals surface area contributed by atoms with E-state index in [-0.39, 0.29) is 123 Å². The number of amides is 2. The zero-order chi connectivity index (χ0) is 90.9. The van der Waals surface area contributed by atoms with E-state index in [1.807, 2.05) is 45.0 Å². The predicted octanol–water partition coefficient (Wildman–Crippen LogP) is 18.0. The highest BCUT2D eigenvalue weighted by Crippen LogP contribution is 2.45. The van der Waals surface area contributed by atoms with Gasteiger partial charge in [0.25, 0.3) is 0 Å². The second-order valence-electron chi connectivity index (χ2n) is 31.6. The number of carbonyl (C=O) groups excluding carboxylic acids is 2. The number of alkyl halides is 12. The minimum atomic E-state index is -4.69. The first-order chi connectivity index (χ1) is 59.7. The molecule has 2 N–H and O–H groups in total. The monoisotopic (exact) mass is 1750 g/mol. The minimum absolute atomic E-state index is 0.0275. The highest BCUT2D eigenvalue weighted by molar-refractivity contribution is 5.88. The Morgan fingerprint density at radius 3 is 0.976 bits per heavy atom. The summed E-state index contributed by atoms with van der Waals surface area (Å²) in [7, 11) is 6.93. The average molecular weight is 1750 g/mol. The summed E-state index contributed by atoms with van der Waals surface area (Å²) in [4.78, 5) is 60.4. The molecule has 0 aliphatic carbocycles. The first kappa shape index (κ1) is 91.6. The molecule has 4 aromatic carbocycles. The number of halogens is 12. The smallest absolute Gasteiger partial charge is 0.419 e. The molecule has 0 saturated carbocycles. The molecule has 15 rings (SSSR count). The third-order valence-electron chi connectivity index (χ3n) is 21.7. The van der Waals surface area contributed by atoms with E-state index in [1.54, 1.807) is 86.6 Å². The zero-order valence-corrected chi connectivity index (χ0v) is 69.5. The van der Waals surface area contributed by atoms with Crippen LogP contribution < -0.4 is 19.5 Å². The number of nitrogens with one attached hydrogen (secondary N) is 1. The Morgan fingerprint density at radius 1 is 0.421 bits per heavy atom. The van der Waals surface area contributed by atoms with Crippen LogP contribution in [0, 0.1) is 63.1 Å². The lowest BCUT2D eigenvalue weighted by molar-refractivity contribution is -0.139. The fourth-order valence-corrected chi connectivity index (χ4v) is 14.9.